The van der Waals surface area contributed by atoms with Gasteiger partial charge in [0, 0.05) is 23.0 Å². The van der Waals surface area contributed by atoms with Crippen LogP contribution in [0.3, 0.4) is 0 Å². The van der Waals surface area contributed by atoms with Crippen molar-refractivity contribution in [1.82, 2.24) is 4.57 Å². The maximum Gasteiger partial charge on any atom is 0.418 e. The lowest BCUT2D eigenvalue weighted by molar-refractivity contribution is -0.143. The smallest absolute Gasteiger partial charge is 0.418 e. The first-order chi connectivity index (χ1) is 15.3. The monoisotopic (exact) mass is 481 g/mol. The second kappa shape index (κ2) is 10.6. The van der Waals surface area contributed by atoms with Crippen molar-refractivity contribution >= 4 is 35.2 Å². The fourth-order valence-electron chi connectivity index (χ4n) is 3.17. The molecular weight excluding hydrogens is 459 g/mol. The van der Waals surface area contributed by atoms with E-state index in [1.54, 1.807) is 6.07 Å². The van der Waals surface area contributed by atoms with Gasteiger partial charge < -0.3 is 14.6 Å². The minimum Gasteiger partial charge on any atom is -0.451 e. The van der Waals surface area contributed by atoms with Gasteiger partial charge in [-0.15, -0.1) is 0 Å². The van der Waals surface area contributed by atoms with Gasteiger partial charge in [0.15, 0.2) is 6.61 Å². The third kappa shape index (κ3) is 6.86. The Hall–Kier alpha value is -3.25. The van der Waals surface area contributed by atoms with E-state index in [0.717, 1.165) is 24.0 Å². The number of benzene rings is 1. The van der Waals surface area contributed by atoms with Crippen LogP contribution in [0.1, 0.15) is 36.4 Å². The molecule has 0 aliphatic heterocycles. The summed E-state index contributed by atoms with van der Waals surface area (Å²) < 4.78 is 46.3. The first kappa shape index (κ1) is 26.0. The highest BCUT2D eigenvalue weighted by molar-refractivity contribution is 6.30. The van der Waals surface area contributed by atoms with E-state index in [9.17, 15) is 28.0 Å². The first-order valence-corrected chi connectivity index (χ1v) is 10.3. The molecule has 2 aromatic rings. The number of halogens is 4. The molecule has 0 fully saturated rings. The molecule has 10 heteroatoms. The predicted molar refractivity (Wildman–Crippen MR) is 118 cm³/mol. The minimum absolute atomic E-state index is 0.150. The van der Waals surface area contributed by atoms with E-state index in [1.807, 2.05) is 25.2 Å². The molecular formula is C23H23ClF3N3O3. The van der Waals surface area contributed by atoms with E-state index in [-0.39, 0.29) is 10.6 Å². The van der Waals surface area contributed by atoms with Crippen LogP contribution in [0.25, 0.3) is 6.08 Å². The maximum absolute atomic E-state index is 13.1. The highest BCUT2D eigenvalue weighted by atomic mass is 35.5. The fourth-order valence-corrected chi connectivity index (χ4v) is 3.34. The van der Waals surface area contributed by atoms with Gasteiger partial charge in [0.2, 0.25) is 0 Å². The number of nitrogens with zero attached hydrogens (tertiary/aromatic N) is 2. The Morgan fingerprint density at radius 1 is 1.27 bits per heavy atom. The molecule has 0 radical (unpaired) electrons. The van der Waals surface area contributed by atoms with Crippen molar-refractivity contribution in [2.24, 2.45) is 5.92 Å². The number of rotatable bonds is 7. The van der Waals surface area contributed by atoms with Crippen LogP contribution in [-0.2, 0) is 27.0 Å². The normalized spacial score (nSPS) is 11.9. The molecule has 33 heavy (non-hydrogen) atoms. The van der Waals surface area contributed by atoms with Gasteiger partial charge in [0.25, 0.3) is 5.91 Å². The molecule has 0 aliphatic rings. The number of hydrogen-bond acceptors (Lipinski definition) is 4. The molecule has 1 heterocycles. The average Bonchev–Trinajstić information content (AvgIpc) is 2.97. The second-order valence-electron chi connectivity index (χ2n) is 7.81. The van der Waals surface area contributed by atoms with E-state index < -0.39 is 35.9 Å². The summed E-state index contributed by atoms with van der Waals surface area (Å²) in [6, 6.07) is 6.43. The maximum atomic E-state index is 13.1. The van der Waals surface area contributed by atoms with Crippen LogP contribution in [0.4, 0.5) is 18.9 Å². The Balaban J connectivity index is 2.11. The summed E-state index contributed by atoms with van der Waals surface area (Å²) in [6.45, 7) is 7.80. The van der Waals surface area contributed by atoms with Crippen molar-refractivity contribution in [2.45, 2.75) is 40.4 Å². The van der Waals surface area contributed by atoms with Gasteiger partial charge in [-0.05, 0) is 55.7 Å². The van der Waals surface area contributed by atoms with Crippen molar-refractivity contribution in [3.05, 3.63) is 57.4 Å². The van der Waals surface area contributed by atoms with Crippen molar-refractivity contribution in [3.63, 3.8) is 0 Å². The van der Waals surface area contributed by atoms with Gasteiger partial charge in [-0.3, -0.25) is 4.79 Å². The number of carbonyl (C=O) groups is 2. The zero-order valence-electron chi connectivity index (χ0n) is 18.5. The average molecular weight is 482 g/mol. The number of anilines is 1. The van der Waals surface area contributed by atoms with E-state index in [0.29, 0.717) is 17.5 Å². The van der Waals surface area contributed by atoms with Crippen LogP contribution in [0.2, 0.25) is 5.02 Å². The summed E-state index contributed by atoms with van der Waals surface area (Å²) in [5.74, 6) is -1.67. The molecule has 1 aromatic carbocycles. The number of aromatic nitrogens is 1. The summed E-state index contributed by atoms with van der Waals surface area (Å²) in [5, 5.41) is 11.3. The van der Waals surface area contributed by atoms with Crippen LogP contribution in [0, 0.1) is 31.1 Å². The summed E-state index contributed by atoms with van der Waals surface area (Å²) in [4.78, 5) is 24.4. The van der Waals surface area contributed by atoms with E-state index >= 15 is 0 Å². The number of hydrogen-bond donors (Lipinski definition) is 1. The van der Waals surface area contributed by atoms with Crippen molar-refractivity contribution in [1.29, 1.82) is 5.26 Å². The van der Waals surface area contributed by atoms with Gasteiger partial charge in [-0.25, -0.2) is 4.79 Å². The third-order valence-corrected chi connectivity index (χ3v) is 4.93. The highest BCUT2D eigenvalue weighted by Crippen LogP contribution is 2.36. The molecule has 6 nitrogen and oxygen atoms in total. The molecule has 176 valence electrons. The Labute approximate surface area is 194 Å². The number of aryl methyl sites for hydroxylation is 1. The number of amides is 1. The zero-order valence-corrected chi connectivity index (χ0v) is 19.3. The zero-order chi connectivity index (χ0) is 24.9. The topological polar surface area (TPSA) is 84.1 Å². The molecule has 0 unspecified atom stereocenters. The van der Waals surface area contributed by atoms with Crippen LogP contribution >= 0.6 is 11.6 Å². The summed E-state index contributed by atoms with van der Waals surface area (Å²) >= 11 is 5.61. The van der Waals surface area contributed by atoms with Gasteiger partial charge in [-0.1, -0.05) is 25.4 Å². The molecule has 0 aliphatic carbocycles. The van der Waals surface area contributed by atoms with Crippen LogP contribution < -0.4 is 5.32 Å². The molecule has 1 N–H and O–H groups in total. The van der Waals surface area contributed by atoms with Gasteiger partial charge in [0.1, 0.15) is 11.6 Å². The second-order valence-corrected chi connectivity index (χ2v) is 8.25. The number of nitriles is 1. The van der Waals surface area contributed by atoms with Crippen molar-refractivity contribution in [3.8, 4) is 6.07 Å². The van der Waals surface area contributed by atoms with E-state index in [2.05, 4.69) is 18.4 Å². The predicted octanol–water partition coefficient (Wildman–Crippen LogP) is 5.52. The van der Waals surface area contributed by atoms with Gasteiger partial charge >= 0.3 is 12.1 Å². The van der Waals surface area contributed by atoms with E-state index in [4.69, 9.17) is 16.3 Å². The number of carbonyl (C=O) groups excluding carboxylic acids is 2. The Kier molecular flexibility index (Phi) is 8.34. The Bertz CT molecular complexity index is 1130. The summed E-state index contributed by atoms with van der Waals surface area (Å²) in [7, 11) is 0. The molecule has 0 saturated heterocycles. The van der Waals surface area contributed by atoms with Gasteiger partial charge in [-0.2, -0.15) is 18.4 Å². The van der Waals surface area contributed by atoms with Crippen molar-refractivity contribution in [2.75, 3.05) is 11.9 Å². The van der Waals surface area contributed by atoms with Crippen LogP contribution in [0.15, 0.2) is 29.8 Å². The molecule has 0 saturated carbocycles. The molecule has 0 spiro atoms. The lowest BCUT2D eigenvalue weighted by Gasteiger charge is -2.14. The lowest BCUT2D eigenvalue weighted by atomic mass is 10.1. The number of esters is 1. The molecule has 0 bridgehead atoms. The van der Waals surface area contributed by atoms with Crippen LogP contribution in [-0.4, -0.2) is 23.1 Å². The minimum atomic E-state index is -4.75. The summed E-state index contributed by atoms with van der Waals surface area (Å²) in [6.07, 6.45) is -3.39. The largest absolute Gasteiger partial charge is 0.451 e. The van der Waals surface area contributed by atoms with Gasteiger partial charge in [0.05, 0.1) is 11.3 Å². The standard InChI is InChI=1S/C23H23ClF3N3O3/c1-13(2)11-30-14(3)7-16(15(30)4)8-17(10-28)22(32)33-12-21(31)29-20-6-5-18(24)9-19(20)23(25,26)27/h5-9,13H,11-12H2,1-4H3,(H,29,31)/b17-8+. The SMILES string of the molecule is Cc1cc(/C=C(\C#N)C(=O)OCC(=O)Nc2ccc(Cl)cc2C(F)(F)F)c(C)n1CC(C)C. The summed E-state index contributed by atoms with van der Waals surface area (Å²) in [5.41, 5.74) is 0.477. The Morgan fingerprint density at radius 3 is 2.52 bits per heavy atom. The first-order valence-electron chi connectivity index (χ1n) is 9.95. The molecule has 1 amide bonds. The van der Waals surface area contributed by atoms with Crippen molar-refractivity contribution < 1.29 is 27.5 Å². The highest BCUT2D eigenvalue weighted by Gasteiger charge is 2.34. The van der Waals surface area contributed by atoms with E-state index in [1.165, 1.54) is 12.1 Å². The molecule has 2 rings (SSSR count). The fraction of sp³-hybridized carbons (Fsp3) is 0.348. The number of alkyl halides is 3. The third-order valence-electron chi connectivity index (χ3n) is 4.70. The Morgan fingerprint density at radius 2 is 1.94 bits per heavy atom. The van der Waals surface area contributed by atoms with Crippen LogP contribution in [0.5, 0.6) is 0 Å². The molecule has 1 aromatic heterocycles. The number of ether oxygens (including phenoxy) is 1. The number of nitrogens with one attached hydrogen (secondary N) is 1. The lowest BCUT2D eigenvalue weighted by Crippen LogP contribution is -2.23. The molecule has 0 atom stereocenters. The quantitative estimate of drug-likeness (QED) is 0.320.